The minimum absolute atomic E-state index is 0.0353. The zero-order chi connectivity index (χ0) is 11.0. The molecule has 0 N–H and O–H groups in total. The highest BCUT2D eigenvalue weighted by Gasteiger charge is 2.46. The van der Waals surface area contributed by atoms with Crippen molar-refractivity contribution in [1.29, 1.82) is 0 Å². The maximum absolute atomic E-state index is 11.7. The fourth-order valence-corrected chi connectivity index (χ4v) is 1.75. The van der Waals surface area contributed by atoms with E-state index in [9.17, 15) is 4.79 Å². The van der Waals surface area contributed by atoms with Gasteiger partial charge in [0.2, 0.25) is 5.91 Å². The second kappa shape index (κ2) is 3.66. The summed E-state index contributed by atoms with van der Waals surface area (Å²) < 4.78 is 1.76. The lowest BCUT2D eigenvalue weighted by Gasteiger charge is -2.12. The molecule has 1 aromatic heterocycles. The molecule has 15 heavy (non-hydrogen) atoms. The van der Waals surface area contributed by atoms with Crippen molar-refractivity contribution >= 4 is 5.91 Å². The van der Waals surface area contributed by atoms with Gasteiger partial charge >= 0.3 is 0 Å². The van der Waals surface area contributed by atoms with Crippen LogP contribution in [0, 0.1) is 5.92 Å². The van der Waals surface area contributed by atoms with E-state index in [1.54, 1.807) is 11.7 Å². The van der Waals surface area contributed by atoms with Crippen LogP contribution in [0.5, 0.6) is 0 Å². The number of carbonyl (C=O) groups is 1. The van der Waals surface area contributed by atoms with Crippen LogP contribution in [-0.2, 0) is 16.7 Å². The molecule has 0 aromatic carbocycles. The minimum Gasteiger partial charge on any atom is -0.276 e. The van der Waals surface area contributed by atoms with Gasteiger partial charge in [0.25, 0.3) is 0 Å². The Balaban J connectivity index is 1.99. The Hall–Kier alpha value is -1.36. The average Bonchev–Trinajstić information content (AvgIpc) is 2.92. The third-order valence-electron chi connectivity index (χ3n) is 2.81. The Morgan fingerprint density at radius 3 is 3.00 bits per heavy atom. The number of aromatic nitrogens is 2. The minimum atomic E-state index is 0.0353. The molecule has 0 radical (unpaired) electrons. The van der Waals surface area contributed by atoms with Crippen LogP contribution in [0.3, 0.4) is 0 Å². The molecule has 2 atom stereocenters. The van der Waals surface area contributed by atoms with E-state index in [-0.39, 0.29) is 17.7 Å². The largest absolute Gasteiger partial charge is 0.276 e. The van der Waals surface area contributed by atoms with Crippen LogP contribution < -0.4 is 0 Å². The highest BCUT2D eigenvalue weighted by Crippen LogP contribution is 2.47. The first-order valence-corrected chi connectivity index (χ1v) is 4.94. The van der Waals surface area contributed by atoms with Crippen LogP contribution in [0.15, 0.2) is 12.3 Å². The van der Waals surface area contributed by atoms with Gasteiger partial charge in [0, 0.05) is 32.1 Å². The topological polar surface area (TPSA) is 47.4 Å². The Labute approximate surface area is 88.6 Å². The Kier molecular flexibility index (Phi) is 2.48. The van der Waals surface area contributed by atoms with E-state index < -0.39 is 0 Å². The fraction of sp³-hybridized carbons (Fsp3) is 0.600. The molecule has 5 nitrogen and oxygen atoms in total. The average molecular weight is 209 g/mol. The summed E-state index contributed by atoms with van der Waals surface area (Å²) >= 11 is 0. The summed E-state index contributed by atoms with van der Waals surface area (Å²) in [6.07, 6.45) is 2.78. The third kappa shape index (κ3) is 1.87. The summed E-state index contributed by atoms with van der Waals surface area (Å²) in [5, 5.41) is 5.58. The van der Waals surface area contributed by atoms with Crippen LogP contribution in [0.2, 0.25) is 0 Å². The fourth-order valence-electron chi connectivity index (χ4n) is 1.75. The lowest BCUT2D eigenvalue weighted by molar-refractivity contribution is -0.170. The molecule has 1 aromatic rings. The van der Waals surface area contributed by atoms with Crippen molar-refractivity contribution in [1.82, 2.24) is 14.8 Å². The molecule has 1 saturated carbocycles. The van der Waals surface area contributed by atoms with Crippen molar-refractivity contribution in [3.8, 4) is 0 Å². The highest BCUT2D eigenvalue weighted by molar-refractivity contribution is 5.81. The SMILES string of the molecule is CON(C)C(=O)[C@@H]1C[C@H]1c1ccn(C)n1. The van der Waals surface area contributed by atoms with Gasteiger partial charge in [-0.25, -0.2) is 5.06 Å². The number of hydrogen-bond acceptors (Lipinski definition) is 3. The van der Waals surface area contributed by atoms with Gasteiger partial charge in [0.15, 0.2) is 0 Å². The zero-order valence-electron chi connectivity index (χ0n) is 9.17. The van der Waals surface area contributed by atoms with E-state index in [0.29, 0.717) is 0 Å². The molecule has 1 aliphatic carbocycles. The van der Waals surface area contributed by atoms with Crippen molar-refractivity contribution in [3.05, 3.63) is 18.0 Å². The number of carbonyl (C=O) groups excluding carboxylic acids is 1. The molecule has 1 heterocycles. The highest BCUT2D eigenvalue weighted by atomic mass is 16.7. The molecule has 1 amide bonds. The van der Waals surface area contributed by atoms with Gasteiger partial charge in [-0.1, -0.05) is 0 Å². The second-order valence-electron chi connectivity index (χ2n) is 3.88. The first-order valence-electron chi connectivity index (χ1n) is 4.94. The van der Waals surface area contributed by atoms with Gasteiger partial charge in [-0.2, -0.15) is 5.10 Å². The predicted molar refractivity (Wildman–Crippen MR) is 53.8 cm³/mol. The standard InChI is InChI=1S/C10H15N3O2/c1-12-5-4-9(11-12)7-6-8(7)10(14)13(2)15-3/h4-5,7-8H,6H2,1-3H3/t7-,8-/m1/s1. The summed E-state index contributed by atoms with van der Waals surface area (Å²) in [5.74, 6) is 0.356. The summed E-state index contributed by atoms with van der Waals surface area (Å²) in [5.41, 5.74) is 1.00. The molecule has 0 unspecified atom stereocenters. The van der Waals surface area contributed by atoms with E-state index in [4.69, 9.17) is 4.84 Å². The van der Waals surface area contributed by atoms with Crippen molar-refractivity contribution in [2.75, 3.05) is 14.2 Å². The molecule has 0 bridgehead atoms. The summed E-state index contributed by atoms with van der Waals surface area (Å²) in [7, 11) is 5.01. The molecular weight excluding hydrogens is 194 g/mol. The summed E-state index contributed by atoms with van der Waals surface area (Å²) in [6, 6.07) is 1.96. The molecule has 0 spiro atoms. The summed E-state index contributed by atoms with van der Waals surface area (Å²) in [4.78, 5) is 16.6. The zero-order valence-corrected chi connectivity index (χ0v) is 9.17. The van der Waals surface area contributed by atoms with Gasteiger partial charge in [0.05, 0.1) is 12.8 Å². The quantitative estimate of drug-likeness (QED) is 0.683. The number of amides is 1. The van der Waals surface area contributed by atoms with E-state index in [1.807, 2.05) is 19.3 Å². The van der Waals surface area contributed by atoms with E-state index in [2.05, 4.69) is 5.10 Å². The van der Waals surface area contributed by atoms with E-state index in [1.165, 1.54) is 12.2 Å². The molecule has 2 rings (SSSR count). The van der Waals surface area contributed by atoms with Gasteiger partial charge in [-0.05, 0) is 12.5 Å². The monoisotopic (exact) mass is 209 g/mol. The number of rotatable bonds is 3. The van der Waals surface area contributed by atoms with Gasteiger partial charge in [-0.3, -0.25) is 14.3 Å². The van der Waals surface area contributed by atoms with Crippen molar-refractivity contribution < 1.29 is 9.63 Å². The molecular formula is C10H15N3O2. The number of nitrogens with zero attached hydrogens (tertiary/aromatic N) is 3. The van der Waals surface area contributed by atoms with Crippen LogP contribution in [0.1, 0.15) is 18.0 Å². The number of hydroxylamine groups is 2. The maximum Gasteiger partial charge on any atom is 0.249 e. The van der Waals surface area contributed by atoms with Crippen molar-refractivity contribution in [3.63, 3.8) is 0 Å². The van der Waals surface area contributed by atoms with Crippen LogP contribution in [-0.4, -0.2) is 34.9 Å². The number of hydrogen-bond donors (Lipinski definition) is 0. The maximum atomic E-state index is 11.7. The van der Waals surface area contributed by atoms with E-state index in [0.717, 1.165) is 12.1 Å². The summed E-state index contributed by atoms with van der Waals surface area (Å²) in [6.45, 7) is 0. The van der Waals surface area contributed by atoms with Gasteiger partial charge in [-0.15, -0.1) is 0 Å². The third-order valence-corrected chi connectivity index (χ3v) is 2.81. The Morgan fingerprint density at radius 2 is 2.47 bits per heavy atom. The Bertz CT molecular complexity index is 374. The molecule has 5 heteroatoms. The Morgan fingerprint density at radius 1 is 1.73 bits per heavy atom. The molecule has 82 valence electrons. The lowest BCUT2D eigenvalue weighted by Crippen LogP contribution is -2.27. The van der Waals surface area contributed by atoms with Crippen molar-refractivity contribution in [2.45, 2.75) is 12.3 Å². The normalized spacial score (nSPS) is 23.9. The van der Waals surface area contributed by atoms with Crippen LogP contribution in [0.4, 0.5) is 0 Å². The lowest BCUT2D eigenvalue weighted by atomic mass is 10.2. The van der Waals surface area contributed by atoms with Crippen LogP contribution >= 0.6 is 0 Å². The van der Waals surface area contributed by atoms with Crippen LogP contribution in [0.25, 0.3) is 0 Å². The molecule has 1 aliphatic rings. The van der Waals surface area contributed by atoms with Crippen molar-refractivity contribution in [2.24, 2.45) is 13.0 Å². The smallest absolute Gasteiger partial charge is 0.249 e. The first-order chi connectivity index (χ1) is 7.13. The second-order valence-corrected chi connectivity index (χ2v) is 3.88. The predicted octanol–water partition coefficient (Wildman–Crippen LogP) is 0.543. The molecule has 1 fully saturated rings. The molecule has 0 saturated heterocycles. The van der Waals surface area contributed by atoms with Gasteiger partial charge < -0.3 is 0 Å². The first kappa shape index (κ1) is 10.2. The van der Waals surface area contributed by atoms with E-state index >= 15 is 0 Å². The number of aryl methyl sites for hydroxylation is 1. The molecule has 0 aliphatic heterocycles. The van der Waals surface area contributed by atoms with Gasteiger partial charge in [0.1, 0.15) is 0 Å².